The van der Waals surface area contributed by atoms with Crippen LogP contribution < -0.4 is 0 Å². The van der Waals surface area contributed by atoms with E-state index in [1.165, 1.54) is 97.7 Å². The second-order valence-electron chi connectivity index (χ2n) is 12.4. The first-order valence-corrected chi connectivity index (χ1v) is 16.0. The van der Waals surface area contributed by atoms with Crippen LogP contribution in [0.5, 0.6) is 0 Å². The van der Waals surface area contributed by atoms with Crippen LogP contribution in [0.3, 0.4) is 0 Å². The summed E-state index contributed by atoms with van der Waals surface area (Å²) in [6.45, 7) is 0. The van der Waals surface area contributed by atoms with Crippen molar-refractivity contribution in [2.45, 2.75) is 0 Å². The molecule has 212 valence electrons. The van der Waals surface area contributed by atoms with Gasteiger partial charge in [0.2, 0.25) is 0 Å². The first kappa shape index (κ1) is 25.4. The Morgan fingerprint density at radius 1 is 0.239 bits per heavy atom. The number of benzene rings is 10. The Balaban J connectivity index is 1.41. The van der Waals surface area contributed by atoms with Gasteiger partial charge in [0.15, 0.2) is 0 Å². The predicted octanol–water partition coefficient (Wildman–Crippen LogP) is 13.1. The summed E-state index contributed by atoms with van der Waals surface area (Å²) in [6, 6.07) is 62.8. The largest absolute Gasteiger partial charge is 0.0616 e. The average Bonchev–Trinajstić information content (AvgIpc) is 3.13. The van der Waals surface area contributed by atoms with Gasteiger partial charge in [-0.25, -0.2) is 0 Å². The van der Waals surface area contributed by atoms with Crippen molar-refractivity contribution in [2.24, 2.45) is 0 Å². The van der Waals surface area contributed by atoms with Crippen LogP contribution in [0.25, 0.3) is 97.7 Å². The summed E-state index contributed by atoms with van der Waals surface area (Å²) in [4.78, 5) is 0. The molecule has 0 heteroatoms. The van der Waals surface area contributed by atoms with Crippen LogP contribution in [0.2, 0.25) is 0 Å². The van der Waals surface area contributed by atoms with E-state index in [4.69, 9.17) is 0 Å². The summed E-state index contributed by atoms with van der Waals surface area (Å²) >= 11 is 0. The first-order valence-electron chi connectivity index (χ1n) is 16.0. The van der Waals surface area contributed by atoms with Gasteiger partial charge in [-0.15, -0.1) is 0 Å². The van der Waals surface area contributed by atoms with Crippen molar-refractivity contribution in [3.8, 4) is 22.3 Å². The van der Waals surface area contributed by atoms with Crippen LogP contribution in [0.1, 0.15) is 0 Å². The SMILES string of the molecule is c1ccc2c(-c3ccc4ccccc4c3-c3ccc4c5ccccc5c5c6ccccc6c6ccccc6c5c4c3)cccc2c1. The minimum atomic E-state index is 1.24. The molecule has 0 atom stereocenters. The minimum absolute atomic E-state index is 1.24. The Morgan fingerprint density at radius 3 is 1.33 bits per heavy atom. The fraction of sp³-hybridized carbons (Fsp3) is 0. The summed E-state index contributed by atoms with van der Waals surface area (Å²) in [5.74, 6) is 0. The van der Waals surface area contributed by atoms with Gasteiger partial charge in [0.05, 0.1) is 0 Å². The van der Waals surface area contributed by atoms with Crippen molar-refractivity contribution in [2.75, 3.05) is 0 Å². The van der Waals surface area contributed by atoms with Crippen molar-refractivity contribution in [3.63, 3.8) is 0 Å². The summed E-state index contributed by atoms with van der Waals surface area (Å²) in [6.07, 6.45) is 0. The summed E-state index contributed by atoms with van der Waals surface area (Å²) in [7, 11) is 0. The second-order valence-corrected chi connectivity index (χ2v) is 12.4. The quantitative estimate of drug-likeness (QED) is 0.178. The van der Waals surface area contributed by atoms with E-state index >= 15 is 0 Å². The lowest BCUT2D eigenvalue weighted by molar-refractivity contribution is 1.65. The van der Waals surface area contributed by atoms with Crippen LogP contribution in [0.4, 0.5) is 0 Å². The van der Waals surface area contributed by atoms with E-state index < -0.39 is 0 Å². The van der Waals surface area contributed by atoms with Gasteiger partial charge >= 0.3 is 0 Å². The molecule has 0 nitrogen and oxygen atoms in total. The molecule has 0 aliphatic carbocycles. The highest BCUT2D eigenvalue weighted by Crippen LogP contribution is 2.46. The Labute approximate surface area is 266 Å². The molecule has 0 heterocycles. The zero-order valence-corrected chi connectivity index (χ0v) is 25.2. The van der Waals surface area contributed by atoms with E-state index in [1.807, 2.05) is 0 Å². The lowest BCUT2D eigenvalue weighted by Gasteiger charge is -2.19. The molecule has 0 saturated heterocycles. The molecule has 0 unspecified atom stereocenters. The Morgan fingerprint density at radius 2 is 0.696 bits per heavy atom. The Hall–Kier alpha value is -5.98. The zero-order valence-electron chi connectivity index (χ0n) is 25.2. The van der Waals surface area contributed by atoms with Crippen LogP contribution >= 0.6 is 0 Å². The van der Waals surface area contributed by atoms with E-state index in [0.29, 0.717) is 0 Å². The Kier molecular flexibility index (Phi) is 5.38. The highest BCUT2D eigenvalue weighted by atomic mass is 14.2. The smallest absolute Gasteiger partial charge is 0.00137 e. The van der Waals surface area contributed by atoms with Gasteiger partial charge in [0, 0.05) is 0 Å². The van der Waals surface area contributed by atoms with Gasteiger partial charge in [-0.3, -0.25) is 0 Å². The van der Waals surface area contributed by atoms with Crippen molar-refractivity contribution >= 4 is 75.4 Å². The molecule has 10 rings (SSSR count). The van der Waals surface area contributed by atoms with Crippen LogP contribution in [-0.2, 0) is 0 Å². The molecule has 0 N–H and O–H groups in total. The standard InChI is InChI=1S/C46H28/c1-3-15-32-29(12-1)14-11-23-34(32)42-27-24-30-13-2-4-16-33(30)44(42)31-25-26-38-37-19-7-9-21-40(37)45-39-20-8-5-17-35(39)36-18-6-10-22-41(36)46(45)43(38)28-31/h1-28H. The maximum atomic E-state index is 2.47. The van der Waals surface area contributed by atoms with Crippen molar-refractivity contribution < 1.29 is 0 Å². The molecule has 0 amide bonds. The highest BCUT2D eigenvalue weighted by molar-refractivity contribution is 6.39. The van der Waals surface area contributed by atoms with Crippen molar-refractivity contribution in [1.82, 2.24) is 0 Å². The zero-order chi connectivity index (χ0) is 30.2. The van der Waals surface area contributed by atoms with Crippen LogP contribution in [0, 0.1) is 0 Å². The van der Waals surface area contributed by atoms with Gasteiger partial charge in [0.25, 0.3) is 0 Å². The fourth-order valence-electron chi connectivity index (χ4n) is 8.05. The summed E-state index contributed by atoms with van der Waals surface area (Å²) in [5.41, 5.74) is 5.04. The third-order valence-corrected chi connectivity index (χ3v) is 10.0. The van der Waals surface area contributed by atoms with E-state index in [-0.39, 0.29) is 0 Å². The molecule has 0 saturated carbocycles. The maximum absolute atomic E-state index is 2.47. The topological polar surface area (TPSA) is 0 Å². The molecule has 0 fully saturated rings. The van der Waals surface area contributed by atoms with E-state index in [1.54, 1.807) is 0 Å². The molecule has 0 aliphatic rings. The normalized spacial score (nSPS) is 11.9. The highest BCUT2D eigenvalue weighted by Gasteiger charge is 2.19. The molecule has 0 aromatic heterocycles. The minimum Gasteiger partial charge on any atom is -0.0616 e. The van der Waals surface area contributed by atoms with Crippen molar-refractivity contribution in [3.05, 3.63) is 170 Å². The van der Waals surface area contributed by atoms with E-state index in [0.717, 1.165) is 0 Å². The second kappa shape index (κ2) is 9.76. The molecule has 10 aromatic carbocycles. The van der Waals surface area contributed by atoms with Crippen molar-refractivity contribution in [1.29, 1.82) is 0 Å². The maximum Gasteiger partial charge on any atom is -0.00137 e. The summed E-state index contributed by atoms with van der Waals surface area (Å²) < 4.78 is 0. The third-order valence-electron chi connectivity index (χ3n) is 10.0. The number of hydrogen-bond acceptors (Lipinski definition) is 0. The van der Waals surface area contributed by atoms with Crippen LogP contribution in [0.15, 0.2) is 170 Å². The molecule has 0 radical (unpaired) electrons. The molecule has 0 aliphatic heterocycles. The average molecular weight is 581 g/mol. The predicted molar refractivity (Wildman–Crippen MR) is 200 cm³/mol. The third kappa shape index (κ3) is 3.56. The number of fused-ring (bicyclic) bond motifs is 13. The lowest BCUT2D eigenvalue weighted by atomic mass is 9.84. The number of rotatable bonds is 2. The monoisotopic (exact) mass is 580 g/mol. The molecule has 10 aromatic rings. The fourth-order valence-corrected chi connectivity index (χ4v) is 8.05. The molecule has 46 heavy (non-hydrogen) atoms. The van der Waals surface area contributed by atoms with Gasteiger partial charge in [-0.05, 0) is 104 Å². The van der Waals surface area contributed by atoms with Crippen LogP contribution in [-0.4, -0.2) is 0 Å². The molecule has 0 bridgehead atoms. The number of hydrogen-bond donors (Lipinski definition) is 0. The van der Waals surface area contributed by atoms with Gasteiger partial charge in [0.1, 0.15) is 0 Å². The lowest BCUT2D eigenvalue weighted by Crippen LogP contribution is -1.91. The first-order chi connectivity index (χ1) is 22.8. The van der Waals surface area contributed by atoms with E-state index in [9.17, 15) is 0 Å². The van der Waals surface area contributed by atoms with Gasteiger partial charge < -0.3 is 0 Å². The molecular formula is C46H28. The summed E-state index contributed by atoms with van der Waals surface area (Å²) in [5, 5.41) is 18.1. The molecule has 0 spiro atoms. The van der Waals surface area contributed by atoms with E-state index in [2.05, 4.69) is 170 Å². The van der Waals surface area contributed by atoms with Gasteiger partial charge in [-0.1, -0.05) is 164 Å². The van der Waals surface area contributed by atoms with Gasteiger partial charge in [-0.2, -0.15) is 0 Å². The molecular weight excluding hydrogens is 553 g/mol. The Bertz CT molecular complexity index is 2830.